The minimum absolute atomic E-state index is 0.116. The number of aromatic nitrogens is 1. The van der Waals surface area contributed by atoms with E-state index in [0.717, 1.165) is 29.8 Å². The van der Waals surface area contributed by atoms with E-state index >= 15 is 0 Å². The molecule has 1 aromatic heterocycles. The molecule has 0 aliphatic heterocycles. The van der Waals surface area contributed by atoms with E-state index in [1.54, 1.807) is 11.3 Å². The fraction of sp³-hybridized carbons (Fsp3) is 0.692. The van der Waals surface area contributed by atoms with Crippen molar-refractivity contribution in [3.63, 3.8) is 0 Å². The third-order valence-corrected chi connectivity index (χ3v) is 3.21. The van der Waals surface area contributed by atoms with Crippen LogP contribution < -0.4 is 10.6 Å². The maximum atomic E-state index is 4.63. The monoisotopic (exact) mass is 268 g/mol. The van der Waals surface area contributed by atoms with Crippen molar-refractivity contribution in [1.29, 1.82) is 0 Å². The van der Waals surface area contributed by atoms with Crippen LogP contribution in [0.25, 0.3) is 0 Å². The number of nitrogens with one attached hydrogen (secondary N) is 2. The Hall–Kier alpha value is -1.10. The maximum absolute atomic E-state index is 4.63. The molecule has 102 valence electrons. The first-order valence-corrected chi connectivity index (χ1v) is 7.32. The first kappa shape index (κ1) is 15.0. The molecule has 1 heterocycles. The number of rotatable bonds is 4. The van der Waals surface area contributed by atoms with Crippen LogP contribution in [0.3, 0.4) is 0 Å². The summed E-state index contributed by atoms with van der Waals surface area (Å²) < 4.78 is 0. The van der Waals surface area contributed by atoms with Gasteiger partial charge in [-0.15, -0.1) is 11.3 Å². The van der Waals surface area contributed by atoms with Gasteiger partial charge in [-0.3, -0.25) is 0 Å². The van der Waals surface area contributed by atoms with Crippen molar-refractivity contribution >= 4 is 17.3 Å². The molecule has 0 aromatic carbocycles. The summed E-state index contributed by atoms with van der Waals surface area (Å²) in [5.74, 6) is 0.854. The number of aliphatic imine (C=N–C) groups is 1. The molecule has 1 aromatic rings. The summed E-state index contributed by atoms with van der Waals surface area (Å²) in [5, 5.41) is 9.61. The Morgan fingerprint density at radius 1 is 1.28 bits per heavy atom. The predicted octanol–water partition coefficient (Wildman–Crippen LogP) is 2.52. The standard InChI is InChI=1S/C13H24N4S/c1-6-14-12(15-7-2)16-8-11-17-10(9-18-11)13(3,4)5/h9H,6-8H2,1-5H3,(H2,14,15,16). The summed E-state index contributed by atoms with van der Waals surface area (Å²) in [6, 6.07) is 0. The van der Waals surface area contributed by atoms with Crippen LogP contribution in [0.1, 0.15) is 45.3 Å². The van der Waals surface area contributed by atoms with Gasteiger partial charge in [-0.25, -0.2) is 9.98 Å². The van der Waals surface area contributed by atoms with Gasteiger partial charge >= 0.3 is 0 Å². The number of hydrogen-bond donors (Lipinski definition) is 2. The number of nitrogens with zero attached hydrogens (tertiary/aromatic N) is 2. The zero-order valence-electron chi connectivity index (χ0n) is 12.0. The molecule has 2 N–H and O–H groups in total. The molecular weight excluding hydrogens is 244 g/mol. The molecule has 18 heavy (non-hydrogen) atoms. The van der Waals surface area contributed by atoms with Gasteiger partial charge in [0, 0.05) is 23.9 Å². The zero-order chi connectivity index (χ0) is 13.6. The van der Waals surface area contributed by atoms with E-state index in [-0.39, 0.29) is 5.41 Å². The number of thiazole rings is 1. The lowest BCUT2D eigenvalue weighted by Crippen LogP contribution is -2.36. The molecular formula is C13H24N4S. The minimum atomic E-state index is 0.116. The lowest BCUT2D eigenvalue weighted by Gasteiger charge is -2.14. The van der Waals surface area contributed by atoms with Gasteiger partial charge in [-0.2, -0.15) is 0 Å². The van der Waals surface area contributed by atoms with Crippen molar-refractivity contribution in [2.75, 3.05) is 13.1 Å². The smallest absolute Gasteiger partial charge is 0.191 e. The lowest BCUT2D eigenvalue weighted by atomic mass is 9.93. The molecule has 0 saturated heterocycles. The van der Waals surface area contributed by atoms with Crippen molar-refractivity contribution in [1.82, 2.24) is 15.6 Å². The third kappa shape index (κ3) is 4.64. The molecule has 0 aliphatic carbocycles. The van der Waals surface area contributed by atoms with Crippen molar-refractivity contribution < 1.29 is 0 Å². The fourth-order valence-electron chi connectivity index (χ4n) is 1.38. The molecule has 0 amide bonds. The van der Waals surface area contributed by atoms with Crippen molar-refractivity contribution in [2.24, 2.45) is 4.99 Å². The molecule has 0 saturated carbocycles. The Bertz CT molecular complexity index is 382. The molecule has 5 heteroatoms. The van der Waals surface area contributed by atoms with Crippen LogP contribution in [0.4, 0.5) is 0 Å². The van der Waals surface area contributed by atoms with E-state index in [1.165, 1.54) is 0 Å². The van der Waals surface area contributed by atoms with Crippen LogP contribution in [-0.2, 0) is 12.0 Å². The van der Waals surface area contributed by atoms with Crippen molar-refractivity contribution in [3.05, 3.63) is 16.1 Å². The number of hydrogen-bond acceptors (Lipinski definition) is 3. The van der Waals surface area contributed by atoms with E-state index in [1.807, 2.05) is 0 Å². The van der Waals surface area contributed by atoms with Gasteiger partial charge in [0.2, 0.25) is 0 Å². The Morgan fingerprint density at radius 3 is 2.33 bits per heavy atom. The lowest BCUT2D eigenvalue weighted by molar-refractivity contribution is 0.571. The first-order chi connectivity index (χ1) is 8.47. The Balaban J connectivity index is 2.66. The van der Waals surface area contributed by atoms with Crippen molar-refractivity contribution in [2.45, 2.75) is 46.6 Å². The molecule has 0 radical (unpaired) electrons. The van der Waals surface area contributed by atoms with E-state index in [2.05, 4.69) is 60.6 Å². The predicted molar refractivity (Wildman–Crippen MR) is 79.3 cm³/mol. The summed E-state index contributed by atoms with van der Waals surface area (Å²) in [6.45, 7) is 13.0. The van der Waals surface area contributed by atoms with Crippen LogP contribution >= 0.6 is 11.3 Å². The molecule has 1 rings (SSSR count). The van der Waals surface area contributed by atoms with Gasteiger partial charge in [0.15, 0.2) is 5.96 Å². The summed E-state index contributed by atoms with van der Waals surface area (Å²) in [6.07, 6.45) is 0. The van der Waals surface area contributed by atoms with Gasteiger partial charge in [0.25, 0.3) is 0 Å². The normalized spacial score (nSPS) is 11.2. The Morgan fingerprint density at radius 2 is 1.89 bits per heavy atom. The second-order valence-corrected chi connectivity index (χ2v) is 6.04. The third-order valence-electron chi connectivity index (χ3n) is 2.38. The highest BCUT2D eigenvalue weighted by Crippen LogP contribution is 2.24. The van der Waals surface area contributed by atoms with E-state index in [4.69, 9.17) is 0 Å². The molecule has 4 nitrogen and oxygen atoms in total. The van der Waals surface area contributed by atoms with Gasteiger partial charge in [0.1, 0.15) is 5.01 Å². The highest BCUT2D eigenvalue weighted by molar-refractivity contribution is 7.09. The van der Waals surface area contributed by atoms with Crippen LogP contribution in [0.2, 0.25) is 0 Å². The van der Waals surface area contributed by atoms with Crippen LogP contribution in [0.15, 0.2) is 10.4 Å². The highest BCUT2D eigenvalue weighted by atomic mass is 32.1. The van der Waals surface area contributed by atoms with E-state index < -0.39 is 0 Å². The van der Waals surface area contributed by atoms with Gasteiger partial charge in [-0.05, 0) is 13.8 Å². The summed E-state index contributed by atoms with van der Waals surface area (Å²) in [7, 11) is 0. The van der Waals surface area contributed by atoms with Crippen LogP contribution in [-0.4, -0.2) is 24.0 Å². The van der Waals surface area contributed by atoms with Gasteiger partial charge in [-0.1, -0.05) is 20.8 Å². The van der Waals surface area contributed by atoms with E-state index in [9.17, 15) is 0 Å². The highest BCUT2D eigenvalue weighted by Gasteiger charge is 2.17. The van der Waals surface area contributed by atoms with Gasteiger partial charge in [0.05, 0.1) is 12.2 Å². The summed E-state index contributed by atoms with van der Waals surface area (Å²) >= 11 is 1.68. The second kappa shape index (κ2) is 6.73. The minimum Gasteiger partial charge on any atom is -0.357 e. The van der Waals surface area contributed by atoms with Crippen LogP contribution in [0.5, 0.6) is 0 Å². The molecule has 0 bridgehead atoms. The summed E-state index contributed by atoms with van der Waals surface area (Å²) in [4.78, 5) is 9.14. The average molecular weight is 268 g/mol. The van der Waals surface area contributed by atoms with Gasteiger partial charge < -0.3 is 10.6 Å². The molecule has 0 spiro atoms. The molecule has 0 atom stereocenters. The first-order valence-electron chi connectivity index (χ1n) is 6.44. The summed E-state index contributed by atoms with van der Waals surface area (Å²) in [5.41, 5.74) is 1.26. The molecule has 0 aliphatic rings. The zero-order valence-corrected chi connectivity index (χ0v) is 12.8. The van der Waals surface area contributed by atoms with Crippen LogP contribution in [0, 0.1) is 0 Å². The van der Waals surface area contributed by atoms with E-state index in [0.29, 0.717) is 6.54 Å². The van der Waals surface area contributed by atoms with Crippen molar-refractivity contribution in [3.8, 4) is 0 Å². The Kier molecular flexibility index (Phi) is 5.59. The average Bonchev–Trinajstić information content (AvgIpc) is 2.75. The molecule has 0 unspecified atom stereocenters. The topological polar surface area (TPSA) is 49.3 Å². The largest absolute Gasteiger partial charge is 0.357 e. The SMILES string of the molecule is CCNC(=NCc1nc(C(C)(C)C)cs1)NCC. The maximum Gasteiger partial charge on any atom is 0.191 e. The quantitative estimate of drug-likeness (QED) is 0.651. The molecule has 0 fully saturated rings. The number of guanidine groups is 1. The second-order valence-electron chi connectivity index (χ2n) is 5.10. The Labute approximate surface area is 114 Å². The fourth-order valence-corrected chi connectivity index (χ4v) is 2.33.